The van der Waals surface area contributed by atoms with Crippen LogP contribution in [0, 0.1) is 11.7 Å². The Kier molecular flexibility index (Phi) is 13.4. The second kappa shape index (κ2) is 19.0. The third-order valence-electron chi connectivity index (χ3n) is 10.7. The van der Waals surface area contributed by atoms with Crippen LogP contribution in [0.25, 0.3) is 0 Å². The SMILES string of the molecule is O=C(c1cccc(Cl)c1F)N1CCN(Cc2cc(N3CCN(CC4CCN(c5cccnc5)CC4)CC3)cc(Nc3nccs3)n2)CC1.O=C1CCCC(=O)N1. The van der Waals surface area contributed by atoms with E-state index in [9.17, 15) is 18.8 Å². The van der Waals surface area contributed by atoms with Crippen LogP contribution in [0.4, 0.5) is 26.7 Å². The first kappa shape index (κ1) is 39.5. The first-order valence-electron chi connectivity index (χ1n) is 19.4. The Labute approximate surface area is 335 Å². The number of piperazine rings is 2. The minimum atomic E-state index is -0.657. The van der Waals surface area contributed by atoms with Crippen molar-refractivity contribution in [2.24, 2.45) is 5.92 Å². The Morgan fingerprint density at radius 2 is 1.61 bits per heavy atom. The van der Waals surface area contributed by atoms with Gasteiger partial charge in [0.05, 0.1) is 28.2 Å². The zero-order valence-corrected chi connectivity index (χ0v) is 33.0. The molecule has 16 heteroatoms. The topological polar surface area (TPSA) is 130 Å². The lowest BCUT2D eigenvalue weighted by Gasteiger charge is -2.40. The lowest BCUT2D eigenvalue weighted by molar-refractivity contribution is -0.132. The highest BCUT2D eigenvalue weighted by molar-refractivity contribution is 7.13. The molecule has 0 aliphatic carbocycles. The summed E-state index contributed by atoms with van der Waals surface area (Å²) in [5, 5.41) is 8.33. The Hall–Kier alpha value is -4.70. The molecule has 3 aromatic heterocycles. The van der Waals surface area contributed by atoms with Crippen LogP contribution >= 0.6 is 22.9 Å². The molecule has 0 spiro atoms. The average Bonchev–Trinajstić information content (AvgIpc) is 3.73. The van der Waals surface area contributed by atoms with E-state index in [0.29, 0.717) is 52.0 Å². The molecule has 0 radical (unpaired) electrons. The summed E-state index contributed by atoms with van der Waals surface area (Å²) in [6.07, 6.45) is 9.75. The van der Waals surface area contributed by atoms with Gasteiger partial charge in [0.1, 0.15) is 5.82 Å². The number of rotatable bonds is 9. The molecule has 4 aliphatic heterocycles. The Balaban J connectivity index is 0.000000536. The van der Waals surface area contributed by atoms with Crippen molar-refractivity contribution in [3.63, 3.8) is 0 Å². The van der Waals surface area contributed by atoms with Gasteiger partial charge in [-0.1, -0.05) is 17.7 Å². The number of halogens is 2. The van der Waals surface area contributed by atoms with Crippen LogP contribution in [0.2, 0.25) is 5.02 Å². The number of pyridine rings is 2. The number of benzene rings is 1. The van der Waals surface area contributed by atoms with E-state index < -0.39 is 5.82 Å². The fraction of sp³-hybridized carbons (Fsp3) is 0.450. The molecule has 296 valence electrons. The van der Waals surface area contributed by atoms with Crippen LogP contribution in [0.3, 0.4) is 0 Å². The van der Waals surface area contributed by atoms with Gasteiger partial charge in [-0.3, -0.25) is 34.5 Å². The van der Waals surface area contributed by atoms with Gasteiger partial charge in [0.2, 0.25) is 11.8 Å². The number of hydrogen-bond acceptors (Lipinski definition) is 12. The van der Waals surface area contributed by atoms with E-state index >= 15 is 0 Å². The summed E-state index contributed by atoms with van der Waals surface area (Å²) in [4.78, 5) is 58.9. The standard InChI is InChI=1S/C35H41ClFN9OS.C5H7NO2/c36-31-5-1-4-30(33(31)37)34(47)46-18-14-43(15-19-46)25-27-21-29(22-32(40-27)41-35-39-9-20-48-35)45-16-12-42(13-17-45)24-26-6-10-44(11-7-26)28-3-2-8-38-23-28;7-4-2-1-3-5(8)6-4/h1-5,8-9,20-23,26H,6-7,10-19,24-25H2,(H,39,40,41);1-3H2,(H,6,7,8). The molecular weight excluding hydrogens is 755 g/mol. The van der Waals surface area contributed by atoms with Gasteiger partial charge in [0, 0.05) is 121 Å². The molecule has 8 rings (SSSR count). The van der Waals surface area contributed by atoms with Crippen LogP contribution in [0.15, 0.2) is 66.4 Å². The molecule has 4 fully saturated rings. The largest absolute Gasteiger partial charge is 0.370 e. The number of hydrogen-bond donors (Lipinski definition) is 2. The third kappa shape index (κ3) is 10.6. The number of piperidine rings is 2. The molecule has 7 heterocycles. The van der Waals surface area contributed by atoms with E-state index in [4.69, 9.17) is 16.6 Å². The Bertz CT molecular complexity index is 1920. The predicted molar refractivity (Wildman–Crippen MR) is 217 cm³/mol. The van der Waals surface area contributed by atoms with Gasteiger partial charge in [-0.25, -0.2) is 14.4 Å². The maximum Gasteiger partial charge on any atom is 0.256 e. The van der Waals surface area contributed by atoms with Crippen molar-refractivity contribution < 1.29 is 18.8 Å². The van der Waals surface area contributed by atoms with Crippen molar-refractivity contribution in [3.05, 3.63) is 88.5 Å². The van der Waals surface area contributed by atoms with E-state index in [1.54, 1.807) is 28.5 Å². The summed E-state index contributed by atoms with van der Waals surface area (Å²) < 4.78 is 14.5. The van der Waals surface area contributed by atoms with Gasteiger partial charge in [-0.15, -0.1) is 11.3 Å². The molecule has 0 saturated carbocycles. The minimum absolute atomic E-state index is 0.0227. The van der Waals surface area contributed by atoms with Crippen LogP contribution < -0.4 is 20.4 Å². The third-order valence-corrected chi connectivity index (χ3v) is 11.7. The highest BCUT2D eigenvalue weighted by Crippen LogP contribution is 2.28. The number of nitrogens with zero attached hydrogens (tertiary/aromatic N) is 8. The van der Waals surface area contributed by atoms with Gasteiger partial charge >= 0.3 is 0 Å². The molecule has 3 amide bonds. The number of carbonyl (C=O) groups is 3. The normalized spacial score (nSPS) is 18.6. The van der Waals surface area contributed by atoms with Gasteiger partial charge in [-0.05, 0) is 55.5 Å². The fourth-order valence-corrected chi connectivity index (χ4v) is 8.34. The lowest BCUT2D eigenvalue weighted by atomic mass is 9.95. The maximum atomic E-state index is 14.5. The number of thiazole rings is 1. The molecule has 2 N–H and O–H groups in total. The summed E-state index contributed by atoms with van der Waals surface area (Å²) in [7, 11) is 0. The zero-order valence-electron chi connectivity index (χ0n) is 31.4. The molecule has 4 aromatic rings. The van der Waals surface area contributed by atoms with Crippen molar-refractivity contribution >= 4 is 63.0 Å². The fourth-order valence-electron chi connectivity index (χ4n) is 7.63. The highest BCUT2D eigenvalue weighted by Gasteiger charge is 2.27. The summed E-state index contributed by atoms with van der Waals surface area (Å²) in [5.41, 5.74) is 3.38. The summed E-state index contributed by atoms with van der Waals surface area (Å²) >= 11 is 7.47. The molecule has 13 nitrogen and oxygen atoms in total. The van der Waals surface area contributed by atoms with Gasteiger partial charge in [0.15, 0.2) is 10.9 Å². The number of amides is 3. The van der Waals surface area contributed by atoms with Crippen LogP contribution in [-0.4, -0.2) is 119 Å². The smallest absolute Gasteiger partial charge is 0.256 e. The predicted octanol–water partition coefficient (Wildman–Crippen LogP) is 5.28. The average molecular weight is 803 g/mol. The quantitative estimate of drug-likeness (QED) is 0.215. The van der Waals surface area contributed by atoms with E-state index in [-0.39, 0.29) is 28.3 Å². The Morgan fingerprint density at radius 1 is 0.875 bits per heavy atom. The number of carbonyl (C=O) groups excluding carboxylic acids is 3. The second-order valence-corrected chi connectivity index (χ2v) is 15.9. The minimum Gasteiger partial charge on any atom is -0.370 e. The molecule has 4 saturated heterocycles. The summed E-state index contributed by atoms with van der Waals surface area (Å²) in [6, 6.07) is 13.1. The summed E-state index contributed by atoms with van der Waals surface area (Å²) in [5.74, 6) is 0.259. The first-order valence-corrected chi connectivity index (χ1v) is 20.6. The van der Waals surface area contributed by atoms with E-state index in [1.165, 1.54) is 30.7 Å². The number of nitrogens with one attached hydrogen (secondary N) is 2. The Morgan fingerprint density at radius 3 is 2.27 bits per heavy atom. The highest BCUT2D eigenvalue weighted by atomic mass is 35.5. The maximum absolute atomic E-state index is 14.5. The van der Waals surface area contributed by atoms with Crippen molar-refractivity contribution in [2.75, 3.05) is 87.1 Å². The number of imide groups is 1. The molecule has 0 unspecified atom stereocenters. The molecular formula is C40H48ClFN10O3S. The molecule has 0 bridgehead atoms. The molecule has 4 aliphatic rings. The van der Waals surface area contributed by atoms with Crippen molar-refractivity contribution in [1.29, 1.82) is 0 Å². The molecule has 0 atom stereocenters. The van der Waals surface area contributed by atoms with Crippen LogP contribution in [0.5, 0.6) is 0 Å². The van der Waals surface area contributed by atoms with E-state index in [2.05, 4.69) is 58.4 Å². The molecule has 1 aromatic carbocycles. The molecule has 56 heavy (non-hydrogen) atoms. The second-order valence-electron chi connectivity index (χ2n) is 14.6. The van der Waals surface area contributed by atoms with Crippen molar-refractivity contribution in [1.82, 2.24) is 35.0 Å². The van der Waals surface area contributed by atoms with Gasteiger partial charge < -0.3 is 20.0 Å². The van der Waals surface area contributed by atoms with Crippen molar-refractivity contribution in [2.45, 2.75) is 38.6 Å². The van der Waals surface area contributed by atoms with Gasteiger partial charge in [0.25, 0.3) is 5.91 Å². The van der Waals surface area contributed by atoms with Crippen molar-refractivity contribution in [3.8, 4) is 0 Å². The lowest BCUT2D eigenvalue weighted by Crippen LogP contribution is -2.49. The van der Waals surface area contributed by atoms with Gasteiger partial charge in [-0.2, -0.15) is 0 Å². The summed E-state index contributed by atoms with van der Waals surface area (Å²) in [6.45, 7) is 10.4. The van der Waals surface area contributed by atoms with Crippen LogP contribution in [-0.2, 0) is 16.1 Å². The number of anilines is 4. The zero-order chi connectivity index (χ0) is 38.9. The number of aromatic nitrogens is 3. The monoisotopic (exact) mass is 802 g/mol. The van der Waals surface area contributed by atoms with E-state index in [1.807, 2.05) is 23.8 Å². The first-order chi connectivity index (χ1) is 27.3. The van der Waals surface area contributed by atoms with Crippen LogP contribution in [0.1, 0.15) is 48.2 Å². The van der Waals surface area contributed by atoms with E-state index in [0.717, 1.165) is 74.1 Å².